The van der Waals surface area contributed by atoms with E-state index in [0.717, 1.165) is 9.92 Å². The molecule has 2 aromatic heterocycles. The van der Waals surface area contributed by atoms with Crippen LogP contribution in [0.25, 0.3) is 0 Å². The van der Waals surface area contributed by atoms with Crippen LogP contribution in [-0.4, -0.2) is 14.8 Å². The Kier molecular flexibility index (Phi) is 2.70. The number of pyridine rings is 1. The molecule has 0 aliphatic heterocycles. The topological polar surface area (TPSA) is 54.5 Å². The van der Waals surface area contributed by atoms with E-state index in [4.69, 9.17) is 5.26 Å². The summed E-state index contributed by atoms with van der Waals surface area (Å²) in [5.41, 5.74) is 0.575. The Bertz CT molecular complexity index is 495. The van der Waals surface area contributed by atoms with Crippen molar-refractivity contribution in [2.75, 3.05) is 0 Å². The highest BCUT2D eigenvalue weighted by Gasteiger charge is 2.00. The summed E-state index contributed by atoms with van der Waals surface area (Å²) in [6.07, 6.45) is 5.27. The number of rotatable bonds is 2. The van der Waals surface area contributed by atoms with Gasteiger partial charge in [-0.2, -0.15) is 10.4 Å². The zero-order valence-electron chi connectivity index (χ0n) is 8.08. The van der Waals surface area contributed by atoms with Crippen LogP contribution in [-0.2, 0) is 7.05 Å². The maximum Gasteiger partial charge on any atom is 0.101 e. The molecule has 0 amide bonds. The molecule has 0 bridgehead atoms. The average molecular weight is 216 g/mol. The molecule has 0 fully saturated rings. The highest BCUT2D eigenvalue weighted by molar-refractivity contribution is 7.99. The van der Waals surface area contributed by atoms with Gasteiger partial charge in [0.1, 0.15) is 11.1 Å². The standard InChI is InChI=1S/C10H8N4S/c1-14-7-9(6-13-14)15-10-3-2-8(4-11)5-12-10/h2-3,5-7H,1H3. The fourth-order valence-electron chi connectivity index (χ4n) is 1.08. The molecule has 0 saturated heterocycles. The van der Waals surface area contributed by atoms with Gasteiger partial charge in [0.05, 0.1) is 16.7 Å². The van der Waals surface area contributed by atoms with E-state index in [1.54, 1.807) is 23.1 Å². The molecular formula is C10H8N4S. The Hall–Kier alpha value is -1.80. The van der Waals surface area contributed by atoms with E-state index in [9.17, 15) is 0 Å². The van der Waals surface area contributed by atoms with Crippen molar-refractivity contribution >= 4 is 11.8 Å². The molecule has 2 rings (SSSR count). The molecule has 4 nitrogen and oxygen atoms in total. The molecule has 0 N–H and O–H groups in total. The fourth-order valence-corrected chi connectivity index (χ4v) is 1.87. The van der Waals surface area contributed by atoms with Crippen molar-refractivity contribution in [2.24, 2.45) is 7.05 Å². The van der Waals surface area contributed by atoms with Gasteiger partial charge in [-0.15, -0.1) is 0 Å². The second-order valence-electron chi connectivity index (χ2n) is 2.95. The Morgan fingerprint density at radius 3 is 2.80 bits per heavy atom. The molecular weight excluding hydrogens is 208 g/mol. The van der Waals surface area contributed by atoms with E-state index in [1.807, 2.05) is 25.4 Å². The number of hydrogen-bond acceptors (Lipinski definition) is 4. The molecule has 0 saturated carbocycles. The van der Waals surface area contributed by atoms with Crippen LogP contribution in [0.1, 0.15) is 5.56 Å². The summed E-state index contributed by atoms with van der Waals surface area (Å²) in [5, 5.41) is 13.5. The first-order valence-electron chi connectivity index (χ1n) is 4.30. The van der Waals surface area contributed by atoms with Crippen LogP contribution < -0.4 is 0 Å². The van der Waals surface area contributed by atoms with Gasteiger partial charge in [-0.25, -0.2) is 4.98 Å². The van der Waals surface area contributed by atoms with Crippen LogP contribution in [0.2, 0.25) is 0 Å². The van der Waals surface area contributed by atoms with E-state index in [1.165, 1.54) is 11.8 Å². The van der Waals surface area contributed by atoms with E-state index in [0.29, 0.717) is 5.56 Å². The van der Waals surface area contributed by atoms with E-state index in [-0.39, 0.29) is 0 Å². The van der Waals surface area contributed by atoms with Crippen molar-refractivity contribution in [1.29, 1.82) is 5.26 Å². The maximum absolute atomic E-state index is 8.61. The van der Waals surface area contributed by atoms with Gasteiger partial charge in [0.2, 0.25) is 0 Å². The minimum atomic E-state index is 0.575. The summed E-state index contributed by atoms with van der Waals surface area (Å²) < 4.78 is 1.74. The van der Waals surface area contributed by atoms with Crippen LogP contribution in [0.3, 0.4) is 0 Å². The lowest BCUT2D eigenvalue weighted by molar-refractivity contribution is 0.766. The SMILES string of the molecule is Cn1cc(Sc2ccc(C#N)cn2)cn1. The number of nitrogens with zero attached hydrogens (tertiary/aromatic N) is 4. The second kappa shape index (κ2) is 4.15. The van der Waals surface area contributed by atoms with Crippen LogP contribution in [0.5, 0.6) is 0 Å². The number of nitriles is 1. The molecule has 0 unspecified atom stereocenters. The Labute approximate surface area is 91.6 Å². The normalized spacial score (nSPS) is 9.87. The zero-order chi connectivity index (χ0) is 10.7. The number of hydrogen-bond donors (Lipinski definition) is 0. The van der Waals surface area contributed by atoms with Gasteiger partial charge in [0, 0.05) is 19.4 Å². The second-order valence-corrected chi connectivity index (χ2v) is 4.04. The first-order chi connectivity index (χ1) is 7.28. The van der Waals surface area contributed by atoms with Gasteiger partial charge < -0.3 is 0 Å². The van der Waals surface area contributed by atoms with Crippen LogP contribution in [0.15, 0.2) is 40.6 Å². The van der Waals surface area contributed by atoms with Gasteiger partial charge in [-0.3, -0.25) is 4.68 Å². The number of aryl methyl sites for hydroxylation is 1. The lowest BCUT2D eigenvalue weighted by atomic mass is 10.3. The van der Waals surface area contributed by atoms with E-state index >= 15 is 0 Å². The van der Waals surface area contributed by atoms with Crippen molar-refractivity contribution in [2.45, 2.75) is 9.92 Å². The molecule has 0 atom stereocenters. The lowest BCUT2D eigenvalue weighted by Crippen LogP contribution is -1.84. The van der Waals surface area contributed by atoms with Gasteiger partial charge >= 0.3 is 0 Å². The van der Waals surface area contributed by atoms with Crippen LogP contribution in [0, 0.1) is 11.3 Å². The van der Waals surface area contributed by atoms with Crippen molar-refractivity contribution in [3.8, 4) is 6.07 Å². The Morgan fingerprint density at radius 2 is 2.27 bits per heavy atom. The smallest absolute Gasteiger partial charge is 0.101 e. The largest absolute Gasteiger partial charge is 0.275 e. The summed E-state index contributed by atoms with van der Waals surface area (Å²) in [7, 11) is 1.87. The predicted octanol–water partition coefficient (Wildman–Crippen LogP) is 1.84. The van der Waals surface area contributed by atoms with Crippen molar-refractivity contribution in [3.05, 3.63) is 36.3 Å². The molecule has 0 radical (unpaired) electrons. The Balaban J connectivity index is 2.15. The molecule has 0 aliphatic carbocycles. The molecule has 5 heteroatoms. The number of aromatic nitrogens is 3. The third-order valence-corrected chi connectivity index (χ3v) is 2.67. The molecule has 0 aliphatic rings. The third kappa shape index (κ3) is 2.36. The first kappa shape index (κ1) is 9.74. The van der Waals surface area contributed by atoms with Gasteiger partial charge in [0.15, 0.2) is 0 Å². The average Bonchev–Trinajstić information content (AvgIpc) is 2.65. The lowest BCUT2D eigenvalue weighted by Gasteiger charge is -1.96. The molecule has 0 spiro atoms. The summed E-state index contributed by atoms with van der Waals surface area (Å²) in [6.45, 7) is 0. The first-order valence-corrected chi connectivity index (χ1v) is 5.12. The Morgan fingerprint density at radius 1 is 1.40 bits per heavy atom. The van der Waals surface area contributed by atoms with Gasteiger partial charge in [-0.1, -0.05) is 11.8 Å². The zero-order valence-corrected chi connectivity index (χ0v) is 8.90. The summed E-state index contributed by atoms with van der Waals surface area (Å²) in [6, 6.07) is 5.62. The van der Waals surface area contributed by atoms with Crippen molar-refractivity contribution in [3.63, 3.8) is 0 Å². The third-order valence-electron chi connectivity index (χ3n) is 1.77. The molecule has 0 aromatic carbocycles. The van der Waals surface area contributed by atoms with E-state index in [2.05, 4.69) is 10.1 Å². The fraction of sp³-hybridized carbons (Fsp3) is 0.100. The maximum atomic E-state index is 8.61. The monoisotopic (exact) mass is 216 g/mol. The highest BCUT2D eigenvalue weighted by Crippen LogP contribution is 2.24. The molecule has 74 valence electrons. The predicted molar refractivity (Wildman–Crippen MR) is 56.3 cm³/mol. The summed E-state index contributed by atoms with van der Waals surface area (Å²) in [5.74, 6) is 0. The minimum Gasteiger partial charge on any atom is -0.275 e. The molecule has 15 heavy (non-hydrogen) atoms. The van der Waals surface area contributed by atoms with Gasteiger partial charge in [-0.05, 0) is 12.1 Å². The molecule has 2 heterocycles. The molecule has 2 aromatic rings. The van der Waals surface area contributed by atoms with Gasteiger partial charge in [0.25, 0.3) is 0 Å². The summed E-state index contributed by atoms with van der Waals surface area (Å²) >= 11 is 1.52. The van der Waals surface area contributed by atoms with Crippen molar-refractivity contribution in [1.82, 2.24) is 14.8 Å². The highest BCUT2D eigenvalue weighted by atomic mass is 32.2. The minimum absolute atomic E-state index is 0.575. The van der Waals surface area contributed by atoms with Crippen LogP contribution in [0.4, 0.5) is 0 Å². The summed E-state index contributed by atoms with van der Waals surface area (Å²) in [4.78, 5) is 5.19. The van der Waals surface area contributed by atoms with Crippen molar-refractivity contribution < 1.29 is 0 Å². The van der Waals surface area contributed by atoms with Crippen LogP contribution >= 0.6 is 11.8 Å². The van der Waals surface area contributed by atoms with E-state index < -0.39 is 0 Å². The quantitative estimate of drug-likeness (QED) is 0.768.